The molecule has 4 N–H and O–H groups in total. The van der Waals surface area contributed by atoms with Crippen molar-refractivity contribution in [3.05, 3.63) is 76.5 Å². The minimum atomic E-state index is -1.26. The fraction of sp³-hybridized carbons (Fsp3) is 0.379. The number of benzene rings is 2. The molecule has 2 aliphatic heterocycles. The van der Waals surface area contributed by atoms with Crippen molar-refractivity contribution in [1.82, 2.24) is 21.0 Å². The van der Waals surface area contributed by atoms with Crippen molar-refractivity contribution >= 4 is 41.7 Å². The average molecular weight is 558 g/mol. The third kappa shape index (κ3) is 5.17. The second kappa shape index (κ2) is 10.5. The zero-order valence-corrected chi connectivity index (χ0v) is 23.0. The third-order valence-corrected chi connectivity index (χ3v) is 8.32. The number of pyridine rings is 1. The van der Waals surface area contributed by atoms with Gasteiger partial charge in [0.1, 0.15) is 19.7 Å². The molecular weight excluding hydrogens is 528 g/mol. The van der Waals surface area contributed by atoms with Crippen molar-refractivity contribution in [3.8, 4) is 6.07 Å². The Bertz CT molecular complexity index is 1500. The van der Waals surface area contributed by atoms with E-state index in [2.05, 4.69) is 39.6 Å². The average Bonchev–Trinajstić information content (AvgIpc) is 3.68. The molecule has 8 nitrogen and oxygen atoms in total. The molecule has 2 aromatic carbocycles. The summed E-state index contributed by atoms with van der Waals surface area (Å²) in [7, 11) is 7.08. The number of fused-ring (bicyclic) bond motifs is 1. The first kappa shape index (κ1) is 26.7. The number of ether oxygens (including phenoxy) is 1. The van der Waals surface area contributed by atoms with Gasteiger partial charge in [0.25, 0.3) is 0 Å². The highest BCUT2D eigenvalue weighted by Gasteiger charge is 2.38. The van der Waals surface area contributed by atoms with E-state index in [1.165, 1.54) is 12.1 Å². The second-order valence-corrected chi connectivity index (χ2v) is 11.6. The number of hydrazine groups is 2. The highest BCUT2D eigenvalue weighted by Crippen LogP contribution is 2.39. The van der Waals surface area contributed by atoms with Gasteiger partial charge in [-0.3, -0.25) is 9.99 Å². The van der Waals surface area contributed by atoms with Crippen LogP contribution in [0.5, 0.6) is 0 Å². The number of nitrogens with one attached hydrogen (secondary N) is 4. The summed E-state index contributed by atoms with van der Waals surface area (Å²) >= 11 is 6.76. The van der Waals surface area contributed by atoms with E-state index in [0.29, 0.717) is 56.7 Å². The predicted octanol–water partition coefficient (Wildman–Crippen LogP) is 4.89. The molecule has 0 amide bonds. The molecule has 204 valence electrons. The van der Waals surface area contributed by atoms with Crippen LogP contribution in [0.1, 0.15) is 43.7 Å². The summed E-state index contributed by atoms with van der Waals surface area (Å²) in [4.78, 5) is 4.49. The molecule has 2 radical (unpaired) electrons. The Kier molecular flexibility index (Phi) is 6.99. The van der Waals surface area contributed by atoms with Gasteiger partial charge < -0.3 is 20.8 Å². The third-order valence-electron chi connectivity index (χ3n) is 8.03. The molecule has 0 bridgehead atoms. The van der Waals surface area contributed by atoms with E-state index in [1.807, 2.05) is 17.3 Å². The quantitative estimate of drug-likeness (QED) is 0.291. The highest BCUT2D eigenvalue weighted by atomic mass is 35.5. The van der Waals surface area contributed by atoms with Crippen LogP contribution in [0.25, 0.3) is 10.9 Å². The summed E-state index contributed by atoms with van der Waals surface area (Å²) in [6.07, 6.45) is 7.53. The van der Waals surface area contributed by atoms with Gasteiger partial charge in [-0.05, 0) is 60.9 Å². The van der Waals surface area contributed by atoms with Crippen LogP contribution in [0.3, 0.4) is 0 Å². The zero-order valence-electron chi connectivity index (χ0n) is 22.2. The molecular formula is C29H30BClFN7O. The monoisotopic (exact) mass is 557 g/mol. The van der Waals surface area contributed by atoms with Crippen LogP contribution in [0.15, 0.2) is 54.5 Å². The van der Waals surface area contributed by atoms with E-state index in [-0.39, 0.29) is 11.2 Å². The van der Waals surface area contributed by atoms with E-state index >= 15 is 0 Å². The normalized spacial score (nSPS) is 19.9. The Balaban J connectivity index is 1.39. The summed E-state index contributed by atoms with van der Waals surface area (Å²) in [6.45, 7) is 4.35. The summed E-state index contributed by atoms with van der Waals surface area (Å²) < 4.78 is 19.4. The van der Waals surface area contributed by atoms with Gasteiger partial charge in [-0.15, -0.1) is 5.53 Å². The number of hydrogen-bond donors (Lipinski definition) is 4. The van der Waals surface area contributed by atoms with E-state index < -0.39 is 5.44 Å². The summed E-state index contributed by atoms with van der Waals surface area (Å²) in [6, 6.07) is 12.4. The van der Waals surface area contributed by atoms with Crippen molar-refractivity contribution in [3.63, 3.8) is 0 Å². The zero-order chi connectivity index (χ0) is 27.9. The largest absolute Gasteiger partial charge is 0.383 e. The van der Waals surface area contributed by atoms with E-state index in [4.69, 9.17) is 24.2 Å². The van der Waals surface area contributed by atoms with Gasteiger partial charge in [-0.2, -0.15) is 5.26 Å². The van der Waals surface area contributed by atoms with Gasteiger partial charge in [0, 0.05) is 49.3 Å². The van der Waals surface area contributed by atoms with Crippen LogP contribution in [0.4, 0.5) is 15.8 Å². The lowest BCUT2D eigenvalue weighted by Gasteiger charge is -2.35. The molecule has 0 spiro atoms. The highest BCUT2D eigenvalue weighted by molar-refractivity contribution is 6.36. The molecule has 3 aliphatic rings. The Morgan fingerprint density at radius 2 is 2.02 bits per heavy atom. The van der Waals surface area contributed by atoms with Crippen molar-refractivity contribution in [1.29, 1.82) is 5.26 Å². The lowest BCUT2D eigenvalue weighted by atomic mass is 9.69. The molecule has 1 atom stereocenters. The molecule has 1 aliphatic carbocycles. The number of nitrogens with zero attached hydrogens (tertiary/aromatic N) is 3. The summed E-state index contributed by atoms with van der Waals surface area (Å²) in [5.74, 6) is -0.352. The molecule has 40 heavy (non-hydrogen) atoms. The van der Waals surface area contributed by atoms with Crippen molar-refractivity contribution < 1.29 is 9.13 Å². The molecule has 2 fully saturated rings. The Morgan fingerprint density at radius 1 is 1.27 bits per heavy atom. The Labute approximate surface area is 239 Å². The van der Waals surface area contributed by atoms with Gasteiger partial charge in [-0.25, -0.2) is 4.39 Å². The maximum absolute atomic E-state index is 13.9. The fourth-order valence-electron chi connectivity index (χ4n) is 5.26. The summed E-state index contributed by atoms with van der Waals surface area (Å²) in [5.41, 5.74) is 8.75. The van der Waals surface area contributed by atoms with Gasteiger partial charge in [-0.1, -0.05) is 30.7 Å². The van der Waals surface area contributed by atoms with Crippen LogP contribution in [0, 0.1) is 22.6 Å². The smallest absolute Gasteiger partial charge is 0.123 e. The van der Waals surface area contributed by atoms with E-state index in [0.717, 1.165) is 38.9 Å². The number of nitriles is 1. The Hall–Kier alpha value is -3.52. The number of aromatic nitrogens is 1. The summed E-state index contributed by atoms with van der Waals surface area (Å²) in [5, 5.41) is 20.0. The van der Waals surface area contributed by atoms with Crippen molar-refractivity contribution in [2.24, 2.45) is 5.41 Å². The molecule has 1 saturated carbocycles. The standard InChI is InChI=1S/C29H30BClFN7O/c1-28(8-10-40-11-9-28)17-35-26-18(14-33)15-34-27-23(26)12-21(13-24(27)31)36-29(30,19-2-4-20(32)5-3-19)25-16-39(38-37-25)22-6-7-22/h2-5,12-13,15-16,22,36-38H,6-11,17H2,1H3,(H,34,35). The molecule has 1 aromatic heterocycles. The SMILES string of the molecule is [B]C(Nc1cc(Cl)c2ncc(C#N)c(NCC3(C)CCOCC3)c2c1)(C1=CN(C2CC2)NN1)c1ccc(F)cc1. The van der Waals surface area contributed by atoms with Gasteiger partial charge in [0.05, 0.1) is 32.9 Å². The van der Waals surface area contributed by atoms with Gasteiger partial charge >= 0.3 is 0 Å². The topological polar surface area (TPSA) is 97.3 Å². The molecule has 3 heterocycles. The van der Waals surface area contributed by atoms with Crippen LogP contribution >= 0.6 is 11.6 Å². The second-order valence-electron chi connectivity index (χ2n) is 11.1. The molecule has 6 rings (SSSR count). The van der Waals surface area contributed by atoms with Crippen LogP contribution in [0.2, 0.25) is 5.02 Å². The number of hydrogen-bond acceptors (Lipinski definition) is 8. The Morgan fingerprint density at radius 3 is 2.73 bits per heavy atom. The van der Waals surface area contributed by atoms with E-state index in [1.54, 1.807) is 24.4 Å². The number of rotatable bonds is 8. The minimum absolute atomic E-state index is 0.0380. The van der Waals surface area contributed by atoms with Crippen molar-refractivity contribution in [2.45, 2.75) is 44.1 Å². The molecule has 3 aromatic rings. The van der Waals surface area contributed by atoms with Crippen molar-refractivity contribution in [2.75, 3.05) is 30.4 Å². The predicted molar refractivity (Wildman–Crippen MR) is 155 cm³/mol. The molecule has 11 heteroatoms. The van der Waals surface area contributed by atoms with Gasteiger partial charge in [0.2, 0.25) is 0 Å². The molecule has 1 unspecified atom stereocenters. The lowest BCUT2D eigenvalue weighted by Crippen LogP contribution is -2.45. The lowest BCUT2D eigenvalue weighted by molar-refractivity contribution is 0.0300. The van der Waals surface area contributed by atoms with Crippen LogP contribution in [-0.2, 0) is 10.2 Å². The number of anilines is 2. The number of halogens is 2. The first-order valence-electron chi connectivity index (χ1n) is 13.5. The molecule has 1 saturated heterocycles. The fourth-order valence-corrected chi connectivity index (χ4v) is 5.53. The first-order chi connectivity index (χ1) is 19.3. The van der Waals surface area contributed by atoms with E-state index in [9.17, 15) is 9.65 Å². The van der Waals surface area contributed by atoms with Crippen LogP contribution in [-0.4, -0.2) is 43.6 Å². The first-order valence-corrected chi connectivity index (χ1v) is 13.9. The maximum Gasteiger partial charge on any atom is 0.123 e. The maximum atomic E-state index is 13.9. The van der Waals surface area contributed by atoms with Gasteiger partial charge in [0.15, 0.2) is 0 Å². The van der Waals surface area contributed by atoms with Crippen LogP contribution < -0.4 is 21.6 Å². The minimum Gasteiger partial charge on any atom is -0.383 e.